The fraction of sp³-hybridized carbons (Fsp3) is 0.421. The van der Waals surface area contributed by atoms with E-state index in [1.807, 2.05) is 0 Å². The summed E-state index contributed by atoms with van der Waals surface area (Å²) in [6, 6.07) is 0. The summed E-state index contributed by atoms with van der Waals surface area (Å²) in [5, 5.41) is 14.4. The Morgan fingerprint density at radius 2 is 1.79 bits per heavy atom. The van der Waals surface area contributed by atoms with E-state index >= 15 is 0 Å². The number of carboxylic acids is 1. The number of aliphatic carboxylic acids is 1. The molecule has 4 rings (SSSR count). The van der Waals surface area contributed by atoms with Gasteiger partial charge < -0.3 is 15.3 Å². The Bertz CT molecular complexity index is 1180. The molecule has 1 amide bonds. The molecule has 0 spiro atoms. The van der Waals surface area contributed by atoms with Crippen LogP contribution in [0.5, 0.6) is 0 Å². The third kappa shape index (κ3) is 4.22. The lowest BCUT2D eigenvalue weighted by atomic mass is 9.88. The maximum absolute atomic E-state index is 14.3. The highest BCUT2D eigenvalue weighted by Gasteiger charge is 2.64. The number of carbonyl (C=O) groups excluding carboxylic acids is 1. The highest BCUT2D eigenvalue weighted by Crippen LogP contribution is 2.56. The molecule has 33 heavy (non-hydrogen) atoms. The molecule has 0 saturated carbocycles. The maximum atomic E-state index is 14.3. The molecule has 0 saturated heterocycles. The van der Waals surface area contributed by atoms with E-state index in [1.54, 1.807) is 0 Å². The first kappa shape index (κ1) is 24.6. The number of carboxylic acid groups (broad SMARTS) is 1. The summed E-state index contributed by atoms with van der Waals surface area (Å²) in [6.45, 7) is -0.569. The van der Waals surface area contributed by atoms with E-state index in [9.17, 15) is 22.8 Å². The Kier molecular flexibility index (Phi) is 6.65. The molecule has 3 heterocycles. The molecular formula is C19H14Cl3F3N2O4S2. The molecule has 14 heteroatoms. The number of halogens is 6. The Balaban J connectivity index is 1.74. The molecule has 0 radical (unpaired) electrons. The second kappa shape index (κ2) is 8.92. The summed E-state index contributed by atoms with van der Waals surface area (Å²) in [7, 11) is 0. The number of thiophene rings is 2. The number of hydrogen-bond donors (Lipinski definition) is 2. The van der Waals surface area contributed by atoms with Gasteiger partial charge in [0, 0.05) is 0 Å². The summed E-state index contributed by atoms with van der Waals surface area (Å²) < 4.78 is 42.8. The molecule has 0 fully saturated rings. The molecule has 1 unspecified atom stereocenters. The van der Waals surface area contributed by atoms with Gasteiger partial charge in [-0.1, -0.05) is 40.0 Å². The summed E-state index contributed by atoms with van der Waals surface area (Å²) in [4.78, 5) is 28.7. The van der Waals surface area contributed by atoms with Crippen molar-refractivity contribution in [3.63, 3.8) is 0 Å². The highest BCUT2D eigenvalue weighted by atomic mass is 35.5. The second-order valence-corrected chi connectivity index (χ2v) is 10.9. The predicted molar refractivity (Wildman–Crippen MR) is 120 cm³/mol. The predicted octanol–water partition coefficient (Wildman–Crippen LogP) is 6.05. The SMILES string of the molecule is O=C(O)CNC(=O)c1sc(C2=NOC(c3sc(Cl)c(Cl)c3Cl)(C(F)(F)F)C2)c2c1CCCC2. The molecule has 178 valence electrons. The van der Waals surface area contributed by atoms with Gasteiger partial charge in [0.25, 0.3) is 11.5 Å². The minimum atomic E-state index is -4.89. The summed E-state index contributed by atoms with van der Waals surface area (Å²) in [5.74, 6) is -1.80. The van der Waals surface area contributed by atoms with Crippen LogP contribution < -0.4 is 5.32 Å². The Hall–Kier alpha value is -1.53. The van der Waals surface area contributed by atoms with Crippen LogP contribution in [0.1, 0.15) is 49.8 Å². The van der Waals surface area contributed by atoms with Crippen LogP contribution in [0, 0.1) is 0 Å². The van der Waals surface area contributed by atoms with Gasteiger partial charge in [-0.15, -0.1) is 22.7 Å². The molecule has 6 nitrogen and oxygen atoms in total. The van der Waals surface area contributed by atoms with Crippen molar-refractivity contribution in [2.45, 2.75) is 43.9 Å². The zero-order valence-corrected chi connectivity index (χ0v) is 20.3. The normalized spacial score (nSPS) is 20.2. The van der Waals surface area contributed by atoms with Gasteiger partial charge in [0.15, 0.2) is 0 Å². The second-order valence-electron chi connectivity index (χ2n) is 7.46. The number of fused-ring (bicyclic) bond motifs is 1. The molecule has 1 aliphatic heterocycles. The van der Waals surface area contributed by atoms with Gasteiger partial charge in [-0.3, -0.25) is 9.59 Å². The largest absolute Gasteiger partial charge is 0.480 e. The number of alkyl halides is 3. The van der Waals surface area contributed by atoms with Gasteiger partial charge in [-0.2, -0.15) is 13.2 Å². The van der Waals surface area contributed by atoms with E-state index in [-0.39, 0.29) is 25.0 Å². The fourth-order valence-corrected chi connectivity index (χ4v) is 7.17. The molecule has 1 atom stereocenters. The first-order valence-electron chi connectivity index (χ1n) is 9.56. The van der Waals surface area contributed by atoms with Gasteiger partial charge >= 0.3 is 12.1 Å². The average molecular weight is 562 g/mol. The summed E-state index contributed by atoms with van der Waals surface area (Å²) in [6.07, 6.45) is -2.84. The summed E-state index contributed by atoms with van der Waals surface area (Å²) >= 11 is 19.5. The first-order chi connectivity index (χ1) is 15.5. The number of nitrogens with zero attached hydrogens (tertiary/aromatic N) is 1. The molecule has 2 N–H and O–H groups in total. The van der Waals surface area contributed by atoms with Gasteiger partial charge in [0.2, 0.25) is 0 Å². The Morgan fingerprint density at radius 3 is 2.36 bits per heavy atom. The lowest BCUT2D eigenvalue weighted by molar-refractivity contribution is -0.274. The van der Waals surface area contributed by atoms with Crippen molar-refractivity contribution in [2.24, 2.45) is 5.16 Å². The highest BCUT2D eigenvalue weighted by molar-refractivity contribution is 7.18. The molecule has 0 bridgehead atoms. The molecular weight excluding hydrogens is 548 g/mol. The van der Waals surface area contributed by atoms with Crippen molar-refractivity contribution in [1.29, 1.82) is 0 Å². The third-order valence-electron chi connectivity index (χ3n) is 5.40. The Labute approximate surface area is 208 Å². The van der Waals surface area contributed by atoms with Crippen LogP contribution in [-0.2, 0) is 28.1 Å². The molecule has 2 aliphatic rings. The lowest BCUT2D eigenvalue weighted by Gasteiger charge is -2.28. The van der Waals surface area contributed by atoms with Crippen LogP contribution in [0.25, 0.3) is 0 Å². The molecule has 0 aromatic carbocycles. The van der Waals surface area contributed by atoms with Gasteiger partial charge in [-0.05, 0) is 36.8 Å². The van der Waals surface area contributed by atoms with Crippen LogP contribution in [-0.4, -0.2) is 35.4 Å². The smallest absolute Gasteiger partial charge is 0.436 e. The van der Waals surface area contributed by atoms with Gasteiger partial charge in [-0.25, -0.2) is 0 Å². The zero-order chi connectivity index (χ0) is 24.1. The monoisotopic (exact) mass is 560 g/mol. The number of hydrogen-bond acceptors (Lipinski definition) is 6. The van der Waals surface area contributed by atoms with Crippen LogP contribution >= 0.6 is 57.5 Å². The number of oxime groups is 1. The lowest BCUT2D eigenvalue weighted by Crippen LogP contribution is -2.42. The van der Waals surface area contributed by atoms with E-state index in [0.717, 1.165) is 29.7 Å². The maximum Gasteiger partial charge on any atom is 0.436 e. The first-order valence-corrected chi connectivity index (χ1v) is 12.3. The van der Waals surface area contributed by atoms with Crippen molar-refractivity contribution in [2.75, 3.05) is 6.54 Å². The fourth-order valence-electron chi connectivity index (χ4n) is 3.87. The molecule has 1 aliphatic carbocycles. The summed E-state index contributed by atoms with van der Waals surface area (Å²) in [5.41, 5.74) is -1.39. The van der Waals surface area contributed by atoms with Crippen molar-refractivity contribution >= 4 is 75.1 Å². The van der Waals surface area contributed by atoms with E-state index in [0.29, 0.717) is 34.6 Å². The van der Waals surface area contributed by atoms with Gasteiger partial charge in [0.1, 0.15) is 16.6 Å². The topological polar surface area (TPSA) is 88.0 Å². The van der Waals surface area contributed by atoms with Crippen molar-refractivity contribution < 1.29 is 32.7 Å². The van der Waals surface area contributed by atoms with Crippen LogP contribution in [0.15, 0.2) is 5.16 Å². The van der Waals surface area contributed by atoms with Crippen LogP contribution in [0.4, 0.5) is 13.2 Å². The van der Waals surface area contributed by atoms with Crippen molar-refractivity contribution in [1.82, 2.24) is 5.32 Å². The Morgan fingerprint density at radius 1 is 1.12 bits per heavy atom. The quantitative estimate of drug-likeness (QED) is 0.466. The number of rotatable bonds is 5. The van der Waals surface area contributed by atoms with E-state index in [1.165, 1.54) is 0 Å². The van der Waals surface area contributed by atoms with Crippen molar-refractivity contribution in [3.8, 4) is 0 Å². The van der Waals surface area contributed by atoms with Crippen LogP contribution in [0.3, 0.4) is 0 Å². The number of carbonyl (C=O) groups is 2. The minimum absolute atomic E-state index is 0.0319. The van der Waals surface area contributed by atoms with Crippen LogP contribution in [0.2, 0.25) is 14.4 Å². The molecule has 2 aromatic heterocycles. The third-order valence-corrected chi connectivity index (χ3v) is 9.44. The standard InChI is InChI=1S/C19H14Cl3F3N2O4S2/c20-11-12(21)16(22)33-15(11)18(19(23,24)25)5-9(27-31-18)13-7-3-1-2-4-8(7)14(32-13)17(30)26-6-10(28)29/h1-6H2,(H,26,30)(H,28,29). The number of amides is 1. The average Bonchev–Trinajstić information content (AvgIpc) is 3.43. The van der Waals surface area contributed by atoms with Crippen molar-refractivity contribution in [3.05, 3.63) is 40.1 Å². The van der Waals surface area contributed by atoms with E-state index in [4.69, 9.17) is 44.7 Å². The van der Waals surface area contributed by atoms with E-state index < -0.39 is 41.5 Å². The van der Waals surface area contributed by atoms with Gasteiger partial charge in [0.05, 0.1) is 31.1 Å². The van der Waals surface area contributed by atoms with E-state index in [2.05, 4.69) is 10.5 Å². The zero-order valence-electron chi connectivity index (χ0n) is 16.4. The minimum Gasteiger partial charge on any atom is -0.480 e. The molecule has 2 aromatic rings. The number of nitrogens with one attached hydrogen (secondary N) is 1.